The van der Waals surface area contributed by atoms with Crippen LogP contribution >= 0.6 is 0 Å². The molecule has 6 heteroatoms. The van der Waals surface area contributed by atoms with Crippen molar-refractivity contribution in [2.75, 3.05) is 39.3 Å². The maximum atomic E-state index is 12.3. The van der Waals surface area contributed by atoms with Crippen molar-refractivity contribution in [2.24, 2.45) is 0 Å². The molecule has 0 saturated carbocycles. The summed E-state index contributed by atoms with van der Waals surface area (Å²) in [5.74, 6) is 0. The van der Waals surface area contributed by atoms with Crippen molar-refractivity contribution in [3.63, 3.8) is 0 Å². The van der Waals surface area contributed by atoms with Gasteiger partial charge in [-0.3, -0.25) is 4.90 Å². The standard InChI is InChI=1S/C15H21N3O2S/c19-21(20,11-6-14-4-2-1-3-5-14)18-9-7-17(8-10-18)15-12-16-13-15/h1-6,11,15-16H,7-10,12-13H2. The van der Waals surface area contributed by atoms with Gasteiger partial charge in [0, 0.05) is 50.7 Å². The highest BCUT2D eigenvalue weighted by molar-refractivity contribution is 7.92. The molecule has 114 valence electrons. The molecule has 2 saturated heterocycles. The zero-order chi connectivity index (χ0) is 14.7. The SMILES string of the molecule is O=S(=O)(C=Cc1ccccc1)N1CCN(C2CNC2)CC1. The lowest BCUT2D eigenvalue weighted by molar-refractivity contribution is 0.104. The van der Waals surface area contributed by atoms with Gasteiger partial charge in [-0.2, -0.15) is 4.31 Å². The molecule has 21 heavy (non-hydrogen) atoms. The Morgan fingerprint density at radius 1 is 1.05 bits per heavy atom. The van der Waals surface area contributed by atoms with E-state index in [9.17, 15) is 8.42 Å². The number of nitrogens with one attached hydrogen (secondary N) is 1. The topological polar surface area (TPSA) is 52.7 Å². The summed E-state index contributed by atoms with van der Waals surface area (Å²) < 4.78 is 26.2. The highest BCUT2D eigenvalue weighted by Gasteiger charge is 2.30. The van der Waals surface area contributed by atoms with Crippen LogP contribution in [0.2, 0.25) is 0 Å². The molecule has 3 rings (SSSR count). The first-order valence-electron chi connectivity index (χ1n) is 7.33. The molecule has 0 amide bonds. The van der Waals surface area contributed by atoms with E-state index in [-0.39, 0.29) is 0 Å². The Bertz CT molecular complexity index is 589. The molecule has 0 atom stereocenters. The third kappa shape index (κ3) is 3.52. The van der Waals surface area contributed by atoms with Gasteiger partial charge < -0.3 is 5.32 Å². The summed E-state index contributed by atoms with van der Waals surface area (Å²) in [6, 6.07) is 10.1. The molecule has 0 bridgehead atoms. The minimum absolute atomic E-state index is 0.581. The Hall–Kier alpha value is -1.21. The first kappa shape index (κ1) is 14.7. The van der Waals surface area contributed by atoms with Gasteiger partial charge >= 0.3 is 0 Å². The van der Waals surface area contributed by atoms with Crippen molar-refractivity contribution in [1.82, 2.24) is 14.5 Å². The quantitative estimate of drug-likeness (QED) is 0.884. The molecule has 0 spiro atoms. The highest BCUT2D eigenvalue weighted by Crippen LogP contribution is 2.14. The number of hydrogen-bond donors (Lipinski definition) is 1. The van der Waals surface area contributed by atoms with Crippen molar-refractivity contribution in [1.29, 1.82) is 0 Å². The monoisotopic (exact) mass is 307 g/mol. The predicted octanol–water partition coefficient (Wildman–Crippen LogP) is 0.577. The Morgan fingerprint density at radius 3 is 2.29 bits per heavy atom. The number of benzene rings is 1. The predicted molar refractivity (Wildman–Crippen MR) is 84.2 cm³/mol. The molecule has 0 unspecified atom stereocenters. The van der Waals surface area contributed by atoms with Gasteiger partial charge in [-0.25, -0.2) is 8.42 Å². The second-order valence-electron chi connectivity index (χ2n) is 5.51. The minimum Gasteiger partial charge on any atom is -0.314 e. The molecular formula is C15H21N3O2S. The molecule has 0 radical (unpaired) electrons. The lowest BCUT2D eigenvalue weighted by Crippen LogP contribution is -2.61. The Labute approximate surface area is 126 Å². The normalized spacial score (nSPS) is 22.5. The van der Waals surface area contributed by atoms with Gasteiger partial charge in [-0.15, -0.1) is 0 Å². The van der Waals surface area contributed by atoms with E-state index in [4.69, 9.17) is 0 Å². The van der Waals surface area contributed by atoms with Gasteiger partial charge in [-0.1, -0.05) is 30.3 Å². The van der Waals surface area contributed by atoms with Gasteiger partial charge in [0.1, 0.15) is 0 Å². The van der Waals surface area contributed by atoms with Crippen LogP contribution < -0.4 is 5.32 Å². The molecule has 1 aromatic rings. The highest BCUT2D eigenvalue weighted by atomic mass is 32.2. The van der Waals surface area contributed by atoms with Crippen molar-refractivity contribution >= 4 is 16.1 Å². The zero-order valence-corrected chi connectivity index (χ0v) is 12.8. The average Bonchev–Trinajstić information content (AvgIpc) is 2.45. The molecule has 0 aromatic heterocycles. The summed E-state index contributed by atoms with van der Waals surface area (Å²) in [6.45, 7) is 4.87. The lowest BCUT2D eigenvalue weighted by atomic mass is 10.1. The number of sulfonamides is 1. The van der Waals surface area contributed by atoms with Gasteiger partial charge in [0.2, 0.25) is 10.0 Å². The molecule has 1 N–H and O–H groups in total. The molecule has 2 fully saturated rings. The molecular weight excluding hydrogens is 286 g/mol. The average molecular weight is 307 g/mol. The third-order valence-corrected chi connectivity index (χ3v) is 5.71. The van der Waals surface area contributed by atoms with Crippen molar-refractivity contribution in [3.05, 3.63) is 41.3 Å². The summed E-state index contributed by atoms with van der Waals surface area (Å²) >= 11 is 0. The van der Waals surface area contributed by atoms with E-state index in [2.05, 4.69) is 10.2 Å². The van der Waals surface area contributed by atoms with Gasteiger partial charge in [-0.05, 0) is 11.6 Å². The van der Waals surface area contributed by atoms with Crippen LogP contribution in [0.15, 0.2) is 35.7 Å². The van der Waals surface area contributed by atoms with Gasteiger partial charge in [0.25, 0.3) is 0 Å². The van der Waals surface area contributed by atoms with E-state index in [1.54, 1.807) is 10.4 Å². The van der Waals surface area contributed by atoms with Crippen LogP contribution in [-0.2, 0) is 10.0 Å². The zero-order valence-electron chi connectivity index (χ0n) is 12.0. The van der Waals surface area contributed by atoms with Crippen molar-refractivity contribution in [3.8, 4) is 0 Å². The first-order valence-corrected chi connectivity index (χ1v) is 8.83. The fraction of sp³-hybridized carbons (Fsp3) is 0.467. The van der Waals surface area contributed by atoms with Crippen molar-refractivity contribution < 1.29 is 8.42 Å². The Morgan fingerprint density at radius 2 is 1.71 bits per heavy atom. The second-order valence-corrected chi connectivity index (χ2v) is 7.32. The fourth-order valence-electron chi connectivity index (χ4n) is 2.67. The van der Waals surface area contributed by atoms with E-state index in [0.717, 1.165) is 31.7 Å². The van der Waals surface area contributed by atoms with Crippen LogP contribution in [0.1, 0.15) is 5.56 Å². The van der Waals surface area contributed by atoms with Crippen LogP contribution in [0.3, 0.4) is 0 Å². The fourth-order valence-corrected chi connectivity index (χ4v) is 3.84. The van der Waals surface area contributed by atoms with Gasteiger partial charge in [0.05, 0.1) is 0 Å². The number of piperazine rings is 1. The molecule has 2 aliphatic heterocycles. The maximum Gasteiger partial charge on any atom is 0.236 e. The Kier molecular flexibility index (Phi) is 4.40. The number of rotatable bonds is 4. The van der Waals surface area contributed by atoms with Gasteiger partial charge in [0.15, 0.2) is 0 Å². The summed E-state index contributed by atoms with van der Waals surface area (Å²) in [6.07, 6.45) is 1.66. The van der Waals surface area contributed by atoms with E-state index in [0.29, 0.717) is 19.1 Å². The summed E-state index contributed by atoms with van der Waals surface area (Å²) in [4.78, 5) is 2.38. The largest absolute Gasteiger partial charge is 0.314 e. The maximum absolute atomic E-state index is 12.3. The Balaban J connectivity index is 1.59. The van der Waals surface area contributed by atoms with Crippen molar-refractivity contribution in [2.45, 2.75) is 6.04 Å². The molecule has 5 nitrogen and oxygen atoms in total. The van der Waals surface area contributed by atoms with Crippen LogP contribution in [0.5, 0.6) is 0 Å². The van der Waals surface area contributed by atoms with E-state index in [1.807, 2.05) is 30.3 Å². The minimum atomic E-state index is -3.31. The first-order chi connectivity index (χ1) is 10.1. The van der Waals surface area contributed by atoms with E-state index >= 15 is 0 Å². The summed E-state index contributed by atoms with van der Waals surface area (Å²) in [7, 11) is -3.31. The molecule has 1 aromatic carbocycles. The summed E-state index contributed by atoms with van der Waals surface area (Å²) in [5.41, 5.74) is 0.903. The number of hydrogen-bond acceptors (Lipinski definition) is 4. The molecule has 2 aliphatic rings. The van der Waals surface area contributed by atoms with E-state index < -0.39 is 10.0 Å². The van der Waals surface area contributed by atoms with Crippen LogP contribution in [0.25, 0.3) is 6.08 Å². The van der Waals surface area contributed by atoms with Crippen LogP contribution in [0.4, 0.5) is 0 Å². The van der Waals surface area contributed by atoms with E-state index in [1.165, 1.54) is 5.41 Å². The third-order valence-electron chi connectivity index (χ3n) is 4.14. The van der Waals surface area contributed by atoms with Crippen LogP contribution in [0, 0.1) is 0 Å². The molecule has 0 aliphatic carbocycles. The van der Waals surface area contributed by atoms with Crippen LogP contribution in [-0.4, -0.2) is 62.9 Å². The molecule has 2 heterocycles. The number of nitrogens with zero attached hydrogens (tertiary/aromatic N) is 2. The smallest absolute Gasteiger partial charge is 0.236 e. The summed E-state index contributed by atoms with van der Waals surface area (Å²) in [5, 5.41) is 4.58. The lowest BCUT2D eigenvalue weighted by Gasteiger charge is -2.42. The second kappa shape index (κ2) is 6.27.